The zero-order chi connectivity index (χ0) is 19.8. The molecular formula is C19H20F3N5O. The van der Waals surface area contributed by atoms with Crippen molar-refractivity contribution >= 4 is 17.0 Å². The van der Waals surface area contributed by atoms with Crippen LogP contribution in [0.25, 0.3) is 11.2 Å². The average molecular weight is 391 g/mol. The second-order valence-corrected chi connectivity index (χ2v) is 7.06. The summed E-state index contributed by atoms with van der Waals surface area (Å²) in [5, 5.41) is 3.14. The van der Waals surface area contributed by atoms with Crippen molar-refractivity contribution in [3.8, 4) is 0 Å². The lowest BCUT2D eigenvalue weighted by Gasteiger charge is -2.39. The number of aryl methyl sites for hydroxylation is 1. The van der Waals surface area contributed by atoms with E-state index in [1.165, 1.54) is 11.9 Å². The predicted octanol–water partition coefficient (Wildman–Crippen LogP) is 3.84. The van der Waals surface area contributed by atoms with Crippen molar-refractivity contribution in [1.29, 1.82) is 0 Å². The highest BCUT2D eigenvalue weighted by molar-refractivity contribution is 5.82. The third kappa shape index (κ3) is 3.42. The first-order valence-corrected chi connectivity index (χ1v) is 9.05. The summed E-state index contributed by atoms with van der Waals surface area (Å²) in [6.07, 6.45) is -1.78. The van der Waals surface area contributed by atoms with Crippen LogP contribution in [-0.4, -0.2) is 39.7 Å². The molecule has 3 heterocycles. The van der Waals surface area contributed by atoms with Crippen molar-refractivity contribution in [3.63, 3.8) is 0 Å². The van der Waals surface area contributed by atoms with E-state index in [9.17, 15) is 13.2 Å². The molecule has 9 heteroatoms. The fourth-order valence-electron chi connectivity index (χ4n) is 3.81. The molecule has 0 radical (unpaired) electrons. The van der Waals surface area contributed by atoms with Crippen LogP contribution < -0.4 is 5.32 Å². The Morgan fingerprint density at radius 1 is 1.18 bits per heavy atom. The second kappa shape index (κ2) is 7.05. The number of halogens is 3. The molecule has 28 heavy (non-hydrogen) atoms. The van der Waals surface area contributed by atoms with E-state index in [2.05, 4.69) is 31.3 Å². The molecule has 1 saturated heterocycles. The van der Waals surface area contributed by atoms with Gasteiger partial charge in [-0.25, -0.2) is 15.0 Å². The molecule has 0 spiro atoms. The first-order chi connectivity index (χ1) is 13.4. The average Bonchev–Trinajstić information content (AvgIpc) is 3.15. The van der Waals surface area contributed by atoms with E-state index in [1.807, 2.05) is 25.1 Å². The molecule has 2 aromatic heterocycles. The van der Waals surface area contributed by atoms with Gasteiger partial charge in [-0.15, -0.1) is 0 Å². The van der Waals surface area contributed by atoms with Gasteiger partial charge in [0.25, 0.3) is 0 Å². The lowest BCUT2D eigenvalue weighted by atomic mass is 9.72. The van der Waals surface area contributed by atoms with E-state index in [0.29, 0.717) is 25.3 Å². The van der Waals surface area contributed by atoms with E-state index >= 15 is 0 Å². The normalized spacial score (nSPS) is 17.0. The number of rotatable bonds is 4. The highest BCUT2D eigenvalue weighted by atomic mass is 19.4. The van der Waals surface area contributed by atoms with Crippen molar-refractivity contribution in [2.75, 3.05) is 25.1 Å². The molecule has 6 nitrogen and oxygen atoms in total. The Bertz CT molecular complexity index is 979. The minimum absolute atomic E-state index is 0.0123. The number of H-pyrrole nitrogens is 1. The van der Waals surface area contributed by atoms with Crippen molar-refractivity contribution in [2.24, 2.45) is 0 Å². The summed E-state index contributed by atoms with van der Waals surface area (Å²) in [5.41, 5.74) is 2.43. The highest BCUT2D eigenvalue weighted by Gasteiger charge is 2.38. The fourth-order valence-corrected chi connectivity index (χ4v) is 3.81. The molecule has 0 bridgehead atoms. The lowest BCUT2D eigenvalue weighted by molar-refractivity contribution is -0.144. The number of benzene rings is 1. The van der Waals surface area contributed by atoms with Crippen LogP contribution in [0.4, 0.5) is 19.0 Å². The molecule has 2 N–H and O–H groups in total. The Balaban J connectivity index is 1.70. The molecule has 1 aliphatic heterocycles. The van der Waals surface area contributed by atoms with Gasteiger partial charge in [-0.2, -0.15) is 13.2 Å². The number of anilines is 1. The van der Waals surface area contributed by atoms with Gasteiger partial charge in [0.15, 0.2) is 11.5 Å². The Morgan fingerprint density at radius 3 is 2.64 bits per heavy atom. The number of fused-ring (bicyclic) bond motifs is 1. The first-order valence-electron chi connectivity index (χ1n) is 9.05. The number of hydrogen-bond acceptors (Lipinski definition) is 5. The summed E-state index contributed by atoms with van der Waals surface area (Å²) in [4.78, 5) is 13.9. The Hall–Kier alpha value is -2.68. The van der Waals surface area contributed by atoms with Crippen LogP contribution in [0.5, 0.6) is 0 Å². The molecule has 4 rings (SSSR count). The summed E-state index contributed by atoms with van der Waals surface area (Å²) < 4.78 is 45.1. The lowest BCUT2D eigenvalue weighted by Crippen LogP contribution is -2.40. The molecule has 148 valence electrons. The summed E-state index contributed by atoms with van der Waals surface area (Å²) in [5.74, 6) is -1.10. The topological polar surface area (TPSA) is 75.7 Å². The summed E-state index contributed by atoms with van der Waals surface area (Å²) >= 11 is 0. The van der Waals surface area contributed by atoms with Gasteiger partial charge >= 0.3 is 6.18 Å². The molecule has 0 atom stereocenters. The second-order valence-electron chi connectivity index (χ2n) is 7.06. The molecule has 1 aromatic carbocycles. The molecular weight excluding hydrogens is 371 g/mol. The zero-order valence-electron chi connectivity index (χ0n) is 15.3. The van der Waals surface area contributed by atoms with E-state index in [4.69, 9.17) is 4.74 Å². The maximum atomic E-state index is 13.2. The quantitative estimate of drug-likeness (QED) is 0.707. The minimum Gasteiger partial charge on any atom is -0.381 e. The number of nitrogens with zero attached hydrogens (tertiary/aromatic N) is 3. The van der Waals surface area contributed by atoms with Crippen molar-refractivity contribution in [2.45, 2.75) is 31.4 Å². The van der Waals surface area contributed by atoms with Gasteiger partial charge in [-0.05, 0) is 30.9 Å². The number of hydrogen-bond donors (Lipinski definition) is 2. The van der Waals surface area contributed by atoms with E-state index < -0.39 is 12.0 Å². The number of imidazole rings is 1. The van der Waals surface area contributed by atoms with Crippen LogP contribution in [0.15, 0.2) is 30.6 Å². The van der Waals surface area contributed by atoms with E-state index in [1.54, 1.807) is 0 Å². The van der Waals surface area contributed by atoms with E-state index in [-0.39, 0.29) is 16.9 Å². The van der Waals surface area contributed by atoms with Crippen molar-refractivity contribution in [1.82, 2.24) is 19.9 Å². The number of alkyl halides is 3. The van der Waals surface area contributed by atoms with Gasteiger partial charge < -0.3 is 15.0 Å². The van der Waals surface area contributed by atoms with Crippen molar-refractivity contribution in [3.05, 3.63) is 47.5 Å². The Labute approximate surface area is 159 Å². The molecule has 3 aromatic rings. The van der Waals surface area contributed by atoms with Crippen LogP contribution in [-0.2, 0) is 16.3 Å². The summed E-state index contributed by atoms with van der Waals surface area (Å²) in [6, 6.07) is 8.09. The smallest absolute Gasteiger partial charge is 0.381 e. The molecule has 1 fully saturated rings. The van der Waals surface area contributed by atoms with Crippen LogP contribution in [0.3, 0.4) is 0 Å². The van der Waals surface area contributed by atoms with Gasteiger partial charge in [0.1, 0.15) is 5.52 Å². The summed E-state index contributed by atoms with van der Waals surface area (Å²) in [7, 11) is 0. The predicted molar refractivity (Wildman–Crippen MR) is 98.1 cm³/mol. The third-order valence-electron chi connectivity index (χ3n) is 5.30. The monoisotopic (exact) mass is 391 g/mol. The van der Waals surface area contributed by atoms with Crippen LogP contribution in [0.2, 0.25) is 0 Å². The number of nitrogens with one attached hydrogen (secondary N) is 2. The largest absolute Gasteiger partial charge is 0.451 e. The molecule has 0 saturated carbocycles. The highest BCUT2D eigenvalue weighted by Crippen LogP contribution is 2.37. The molecule has 0 aliphatic carbocycles. The Morgan fingerprint density at radius 2 is 1.93 bits per heavy atom. The van der Waals surface area contributed by atoms with Crippen molar-refractivity contribution < 1.29 is 17.9 Å². The maximum absolute atomic E-state index is 13.2. The van der Waals surface area contributed by atoms with Gasteiger partial charge in [0.2, 0.25) is 5.82 Å². The number of aromatic nitrogens is 4. The van der Waals surface area contributed by atoms with Gasteiger partial charge in [-0.1, -0.05) is 24.3 Å². The number of aromatic amines is 1. The van der Waals surface area contributed by atoms with Gasteiger partial charge in [0.05, 0.1) is 6.33 Å². The van der Waals surface area contributed by atoms with Crippen LogP contribution >= 0.6 is 0 Å². The molecule has 0 amide bonds. The van der Waals surface area contributed by atoms with E-state index in [0.717, 1.165) is 18.4 Å². The first kappa shape index (κ1) is 18.7. The summed E-state index contributed by atoms with van der Waals surface area (Å²) in [6.45, 7) is 3.69. The third-order valence-corrected chi connectivity index (χ3v) is 5.30. The van der Waals surface area contributed by atoms with Crippen LogP contribution in [0, 0.1) is 6.92 Å². The van der Waals surface area contributed by atoms with Gasteiger partial charge in [-0.3, -0.25) is 0 Å². The minimum atomic E-state index is -4.64. The van der Waals surface area contributed by atoms with Crippen LogP contribution in [0.1, 0.15) is 29.8 Å². The fraction of sp³-hybridized carbons (Fsp3) is 0.421. The zero-order valence-corrected chi connectivity index (χ0v) is 15.3. The SMILES string of the molecule is Cc1ccccc1C1(CNc2nc(C(F)(F)F)nc3nc[nH]c23)CCOCC1. The number of ether oxygens (including phenoxy) is 1. The van der Waals surface area contributed by atoms with Gasteiger partial charge in [0, 0.05) is 25.2 Å². The molecule has 0 unspecified atom stereocenters. The Kier molecular flexibility index (Phi) is 4.70. The maximum Gasteiger partial charge on any atom is 0.451 e. The molecule has 1 aliphatic rings. The standard InChI is InChI=1S/C19H20F3N5O/c1-12-4-2-3-5-13(12)18(6-8-28-9-7-18)10-23-15-14-16(25-11-24-14)27-17(26-15)19(20,21)22/h2-5,11H,6-10H2,1H3,(H2,23,24,25,26,27).